The molecule has 1 aliphatic heterocycles. The first-order chi connectivity index (χ1) is 10.3. The molecule has 1 aromatic carbocycles. The zero-order valence-electron chi connectivity index (χ0n) is 11.4. The maximum Gasteiger partial charge on any atom is 0.151 e. The Kier molecular flexibility index (Phi) is 4.02. The zero-order valence-corrected chi connectivity index (χ0v) is 13.0. The van der Waals surface area contributed by atoms with Gasteiger partial charge in [0.25, 0.3) is 0 Å². The minimum Gasteiger partial charge on any atom is -0.367 e. The van der Waals surface area contributed by atoms with Gasteiger partial charge in [-0.25, -0.2) is 0 Å². The normalized spacial score (nSPS) is 14.9. The van der Waals surface area contributed by atoms with Crippen LogP contribution in [0.2, 0.25) is 0 Å². The fourth-order valence-corrected chi connectivity index (χ4v) is 2.87. The predicted molar refractivity (Wildman–Crippen MR) is 85.3 cm³/mol. The van der Waals surface area contributed by atoms with Crippen molar-refractivity contribution < 1.29 is 0 Å². The number of nitriles is 1. The monoisotopic (exact) mass is 343 g/mol. The Morgan fingerprint density at radius 1 is 1.10 bits per heavy atom. The zero-order chi connectivity index (χ0) is 14.7. The standard InChI is InChI=1S/C15H14BrN5/c16-13-3-4-14(12(10-13)11-17)20-6-8-21(9-7-20)15-2-1-5-18-19-15/h1-5,10H,6-9H2. The molecule has 0 N–H and O–H groups in total. The Morgan fingerprint density at radius 3 is 2.52 bits per heavy atom. The molecule has 0 unspecified atom stereocenters. The minimum atomic E-state index is 0.706. The van der Waals surface area contributed by atoms with E-state index in [1.54, 1.807) is 6.20 Å². The number of benzene rings is 1. The fourth-order valence-electron chi connectivity index (χ4n) is 2.51. The highest BCUT2D eigenvalue weighted by molar-refractivity contribution is 9.10. The number of hydrogen-bond donors (Lipinski definition) is 0. The van der Waals surface area contributed by atoms with Crippen molar-refractivity contribution in [3.8, 4) is 6.07 Å². The molecule has 0 bridgehead atoms. The average molecular weight is 344 g/mol. The van der Waals surface area contributed by atoms with E-state index >= 15 is 0 Å². The molecule has 0 amide bonds. The Hall–Kier alpha value is -2.13. The Labute approximate surface area is 131 Å². The molecule has 106 valence electrons. The fraction of sp³-hybridized carbons (Fsp3) is 0.267. The maximum absolute atomic E-state index is 9.28. The third-order valence-electron chi connectivity index (χ3n) is 3.58. The number of hydrogen-bond acceptors (Lipinski definition) is 5. The van der Waals surface area contributed by atoms with Crippen LogP contribution in [0.1, 0.15) is 5.56 Å². The lowest BCUT2D eigenvalue weighted by atomic mass is 10.1. The van der Waals surface area contributed by atoms with Crippen molar-refractivity contribution in [3.63, 3.8) is 0 Å². The maximum atomic E-state index is 9.28. The van der Waals surface area contributed by atoms with Crippen LogP contribution in [0, 0.1) is 11.3 Å². The van der Waals surface area contributed by atoms with Crippen molar-refractivity contribution in [1.29, 1.82) is 5.26 Å². The van der Waals surface area contributed by atoms with Crippen molar-refractivity contribution >= 4 is 27.4 Å². The van der Waals surface area contributed by atoms with Crippen LogP contribution in [0.4, 0.5) is 11.5 Å². The third-order valence-corrected chi connectivity index (χ3v) is 4.07. The first kappa shape index (κ1) is 13.8. The first-order valence-electron chi connectivity index (χ1n) is 6.75. The highest BCUT2D eigenvalue weighted by Crippen LogP contribution is 2.25. The molecule has 0 spiro atoms. The highest BCUT2D eigenvalue weighted by atomic mass is 79.9. The molecule has 2 heterocycles. The van der Waals surface area contributed by atoms with Gasteiger partial charge in [-0.2, -0.15) is 10.4 Å². The molecule has 2 aromatic rings. The minimum absolute atomic E-state index is 0.706. The molecule has 3 rings (SSSR count). The number of piperazine rings is 1. The largest absolute Gasteiger partial charge is 0.367 e. The van der Waals surface area contributed by atoms with Gasteiger partial charge < -0.3 is 9.80 Å². The van der Waals surface area contributed by atoms with Crippen molar-refractivity contribution in [3.05, 3.63) is 46.6 Å². The molecule has 0 saturated carbocycles. The highest BCUT2D eigenvalue weighted by Gasteiger charge is 2.20. The van der Waals surface area contributed by atoms with Crippen LogP contribution in [-0.4, -0.2) is 36.4 Å². The van der Waals surface area contributed by atoms with E-state index in [1.165, 1.54) is 0 Å². The van der Waals surface area contributed by atoms with Gasteiger partial charge in [0.15, 0.2) is 5.82 Å². The van der Waals surface area contributed by atoms with E-state index in [9.17, 15) is 5.26 Å². The molecular weight excluding hydrogens is 330 g/mol. The van der Waals surface area contributed by atoms with Gasteiger partial charge in [-0.1, -0.05) is 15.9 Å². The molecule has 0 aliphatic carbocycles. The van der Waals surface area contributed by atoms with Gasteiger partial charge in [-0.15, -0.1) is 5.10 Å². The number of anilines is 2. The first-order valence-corrected chi connectivity index (χ1v) is 7.54. The van der Waals surface area contributed by atoms with E-state index in [1.807, 2.05) is 30.3 Å². The Bertz CT molecular complexity index is 660. The van der Waals surface area contributed by atoms with Crippen molar-refractivity contribution in [2.45, 2.75) is 0 Å². The van der Waals surface area contributed by atoms with Gasteiger partial charge in [0, 0.05) is 36.8 Å². The van der Waals surface area contributed by atoms with Gasteiger partial charge in [0.1, 0.15) is 6.07 Å². The van der Waals surface area contributed by atoms with Crippen LogP contribution in [0.15, 0.2) is 41.0 Å². The van der Waals surface area contributed by atoms with E-state index in [0.717, 1.165) is 42.2 Å². The summed E-state index contributed by atoms with van der Waals surface area (Å²) in [4.78, 5) is 4.46. The van der Waals surface area contributed by atoms with E-state index in [-0.39, 0.29) is 0 Å². The predicted octanol–water partition coefficient (Wildman–Crippen LogP) is 2.44. The lowest BCUT2D eigenvalue weighted by Crippen LogP contribution is -2.47. The second-order valence-electron chi connectivity index (χ2n) is 4.83. The molecular formula is C15H14BrN5. The van der Waals surface area contributed by atoms with Crippen LogP contribution < -0.4 is 9.80 Å². The van der Waals surface area contributed by atoms with Crippen LogP contribution in [0.5, 0.6) is 0 Å². The van der Waals surface area contributed by atoms with E-state index in [0.29, 0.717) is 5.56 Å². The molecule has 1 fully saturated rings. The summed E-state index contributed by atoms with van der Waals surface area (Å²) in [5, 5.41) is 17.3. The molecule has 0 radical (unpaired) electrons. The molecule has 5 nitrogen and oxygen atoms in total. The number of nitrogens with zero attached hydrogens (tertiary/aromatic N) is 5. The molecule has 21 heavy (non-hydrogen) atoms. The van der Waals surface area contributed by atoms with Crippen molar-refractivity contribution in [2.24, 2.45) is 0 Å². The summed E-state index contributed by atoms with van der Waals surface area (Å²) in [5.41, 5.74) is 1.71. The second-order valence-corrected chi connectivity index (χ2v) is 5.74. The van der Waals surface area contributed by atoms with Gasteiger partial charge >= 0.3 is 0 Å². The SMILES string of the molecule is N#Cc1cc(Br)ccc1N1CCN(c2cccnn2)CC1. The summed E-state index contributed by atoms with van der Waals surface area (Å²) in [6, 6.07) is 12.0. The third kappa shape index (κ3) is 2.98. The summed E-state index contributed by atoms with van der Waals surface area (Å²) in [6.45, 7) is 3.49. The molecule has 1 aliphatic rings. The Balaban J connectivity index is 1.73. The molecule has 0 atom stereocenters. The van der Waals surface area contributed by atoms with E-state index < -0.39 is 0 Å². The summed E-state index contributed by atoms with van der Waals surface area (Å²) in [7, 11) is 0. The molecule has 6 heteroatoms. The smallest absolute Gasteiger partial charge is 0.151 e. The van der Waals surface area contributed by atoms with Crippen molar-refractivity contribution in [1.82, 2.24) is 10.2 Å². The Morgan fingerprint density at radius 2 is 1.86 bits per heavy atom. The van der Waals surface area contributed by atoms with E-state index in [2.05, 4.69) is 42.0 Å². The van der Waals surface area contributed by atoms with Crippen LogP contribution in [-0.2, 0) is 0 Å². The molecule has 1 saturated heterocycles. The average Bonchev–Trinajstić information content (AvgIpc) is 2.56. The lowest BCUT2D eigenvalue weighted by Gasteiger charge is -2.36. The van der Waals surface area contributed by atoms with Crippen LogP contribution in [0.3, 0.4) is 0 Å². The quantitative estimate of drug-likeness (QED) is 0.838. The summed E-state index contributed by atoms with van der Waals surface area (Å²) >= 11 is 3.41. The number of rotatable bonds is 2. The van der Waals surface area contributed by atoms with Gasteiger partial charge in [0.2, 0.25) is 0 Å². The van der Waals surface area contributed by atoms with E-state index in [4.69, 9.17) is 0 Å². The molecule has 1 aromatic heterocycles. The topological polar surface area (TPSA) is 56.1 Å². The summed E-state index contributed by atoms with van der Waals surface area (Å²) in [5.74, 6) is 0.911. The van der Waals surface area contributed by atoms with Gasteiger partial charge in [-0.05, 0) is 30.3 Å². The van der Waals surface area contributed by atoms with Gasteiger partial charge in [-0.3, -0.25) is 0 Å². The van der Waals surface area contributed by atoms with Crippen molar-refractivity contribution in [2.75, 3.05) is 36.0 Å². The summed E-state index contributed by atoms with van der Waals surface area (Å²) < 4.78 is 0.931. The van der Waals surface area contributed by atoms with Gasteiger partial charge in [0.05, 0.1) is 11.3 Å². The summed E-state index contributed by atoms with van der Waals surface area (Å²) in [6.07, 6.45) is 1.68. The second kappa shape index (κ2) is 6.10. The van der Waals surface area contributed by atoms with Crippen LogP contribution in [0.25, 0.3) is 0 Å². The lowest BCUT2D eigenvalue weighted by molar-refractivity contribution is 0.643. The van der Waals surface area contributed by atoms with Crippen LogP contribution >= 0.6 is 15.9 Å². The number of aromatic nitrogens is 2. The number of halogens is 1.